The Morgan fingerprint density at radius 1 is 1.19 bits per heavy atom. The van der Waals surface area contributed by atoms with E-state index in [4.69, 9.17) is 14.7 Å². The molecule has 0 saturated carbocycles. The number of carbonyl (C=O) groups excluding carboxylic acids is 1. The molecule has 2 aromatic rings. The van der Waals surface area contributed by atoms with Crippen LogP contribution in [0, 0.1) is 11.3 Å². The molecule has 1 aliphatic rings. The monoisotopic (exact) mass is 365 g/mol. The van der Waals surface area contributed by atoms with Crippen molar-refractivity contribution in [3.8, 4) is 17.6 Å². The highest BCUT2D eigenvalue weighted by molar-refractivity contribution is 5.94. The van der Waals surface area contributed by atoms with E-state index in [1.165, 1.54) is 5.56 Å². The summed E-state index contributed by atoms with van der Waals surface area (Å²) in [4.78, 5) is 14.8. The number of methoxy groups -OCH3 is 2. The predicted octanol–water partition coefficient (Wildman–Crippen LogP) is 2.96. The molecule has 27 heavy (non-hydrogen) atoms. The van der Waals surface area contributed by atoms with Gasteiger partial charge in [0.25, 0.3) is 0 Å². The van der Waals surface area contributed by atoms with Crippen LogP contribution in [0.15, 0.2) is 36.4 Å². The van der Waals surface area contributed by atoms with Gasteiger partial charge in [-0.15, -0.1) is 0 Å². The van der Waals surface area contributed by atoms with Crippen molar-refractivity contribution in [2.45, 2.75) is 25.9 Å². The molecular formula is C21H23N3O3. The Hall–Kier alpha value is -3.04. The van der Waals surface area contributed by atoms with Crippen molar-refractivity contribution in [3.63, 3.8) is 0 Å². The van der Waals surface area contributed by atoms with E-state index in [1.54, 1.807) is 38.5 Å². The fourth-order valence-electron chi connectivity index (χ4n) is 3.31. The van der Waals surface area contributed by atoms with Gasteiger partial charge in [-0.05, 0) is 54.8 Å². The van der Waals surface area contributed by atoms with Crippen molar-refractivity contribution in [3.05, 3.63) is 53.1 Å². The number of amides is 1. The average Bonchev–Trinajstić information content (AvgIpc) is 2.71. The van der Waals surface area contributed by atoms with Crippen LogP contribution >= 0.6 is 0 Å². The van der Waals surface area contributed by atoms with E-state index in [9.17, 15) is 4.79 Å². The normalized spacial score (nSPS) is 14.6. The maximum Gasteiger partial charge on any atom is 0.241 e. The molecule has 1 aliphatic heterocycles. The summed E-state index contributed by atoms with van der Waals surface area (Å²) in [7, 11) is 3.25. The summed E-state index contributed by atoms with van der Waals surface area (Å²) >= 11 is 0. The van der Waals surface area contributed by atoms with Gasteiger partial charge in [0.15, 0.2) is 11.5 Å². The molecule has 0 bridgehead atoms. The zero-order chi connectivity index (χ0) is 19.4. The Morgan fingerprint density at radius 3 is 2.56 bits per heavy atom. The number of nitrogens with one attached hydrogen (secondary N) is 1. The van der Waals surface area contributed by atoms with Gasteiger partial charge in [-0.2, -0.15) is 5.26 Å². The van der Waals surface area contributed by atoms with Crippen LogP contribution in [0.1, 0.15) is 23.6 Å². The minimum absolute atomic E-state index is 0.0889. The fraction of sp³-hybridized carbons (Fsp3) is 0.333. The van der Waals surface area contributed by atoms with Crippen molar-refractivity contribution in [1.82, 2.24) is 4.90 Å². The molecule has 0 aliphatic carbocycles. The lowest BCUT2D eigenvalue weighted by molar-refractivity contribution is -0.121. The quantitative estimate of drug-likeness (QED) is 0.882. The lowest BCUT2D eigenvalue weighted by atomic mass is 9.97. The zero-order valence-electron chi connectivity index (χ0n) is 15.8. The van der Waals surface area contributed by atoms with E-state index >= 15 is 0 Å². The van der Waals surface area contributed by atoms with Gasteiger partial charge < -0.3 is 14.8 Å². The number of hydrogen-bond donors (Lipinski definition) is 1. The Balaban J connectivity index is 1.72. The molecule has 2 aromatic carbocycles. The summed E-state index contributed by atoms with van der Waals surface area (Å²) in [5.41, 5.74) is 3.52. The van der Waals surface area contributed by atoms with E-state index in [0.717, 1.165) is 24.3 Å². The van der Waals surface area contributed by atoms with Gasteiger partial charge in [0.05, 0.1) is 31.9 Å². The van der Waals surface area contributed by atoms with Crippen LogP contribution in [0.3, 0.4) is 0 Å². The van der Waals surface area contributed by atoms with Gasteiger partial charge in [0, 0.05) is 18.8 Å². The average molecular weight is 365 g/mol. The predicted molar refractivity (Wildman–Crippen MR) is 103 cm³/mol. The van der Waals surface area contributed by atoms with Crippen LogP contribution in [-0.4, -0.2) is 37.6 Å². The highest BCUT2D eigenvalue weighted by Gasteiger charge is 2.26. The van der Waals surface area contributed by atoms with Crippen molar-refractivity contribution in [2.24, 2.45) is 0 Å². The van der Waals surface area contributed by atoms with Gasteiger partial charge in [-0.3, -0.25) is 9.69 Å². The van der Waals surface area contributed by atoms with Crippen LogP contribution in [0.25, 0.3) is 0 Å². The number of hydrogen-bond acceptors (Lipinski definition) is 5. The van der Waals surface area contributed by atoms with Gasteiger partial charge in [0.2, 0.25) is 5.91 Å². The molecule has 6 heteroatoms. The third-order valence-corrected chi connectivity index (χ3v) is 4.93. The van der Waals surface area contributed by atoms with Crippen molar-refractivity contribution in [1.29, 1.82) is 5.26 Å². The second-order valence-electron chi connectivity index (χ2n) is 6.55. The Kier molecular flexibility index (Phi) is 5.63. The molecule has 0 fully saturated rings. The highest BCUT2D eigenvalue weighted by atomic mass is 16.5. The summed E-state index contributed by atoms with van der Waals surface area (Å²) < 4.78 is 10.8. The van der Waals surface area contributed by atoms with E-state index in [2.05, 4.69) is 16.3 Å². The Labute approximate surface area is 159 Å². The zero-order valence-corrected chi connectivity index (χ0v) is 15.8. The first kappa shape index (κ1) is 18.7. The maximum absolute atomic E-state index is 12.7. The summed E-state index contributed by atoms with van der Waals surface area (Å²) in [6.07, 6.45) is 0.844. The number of rotatable bonds is 5. The summed E-state index contributed by atoms with van der Waals surface area (Å²) in [6, 6.07) is 12.7. The number of nitrogens with zero attached hydrogens (tertiary/aromatic N) is 2. The molecule has 140 valence electrons. The smallest absolute Gasteiger partial charge is 0.241 e. The fourth-order valence-corrected chi connectivity index (χ4v) is 3.31. The number of nitriles is 1. The molecular weight excluding hydrogens is 342 g/mol. The minimum atomic E-state index is -0.294. The van der Waals surface area contributed by atoms with Crippen molar-refractivity contribution >= 4 is 11.6 Å². The third-order valence-electron chi connectivity index (χ3n) is 4.93. The molecule has 1 heterocycles. The van der Waals surface area contributed by atoms with Crippen molar-refractivity contribution < 1.29 is 14.3 Å². The number of anilines is 1. The second kappa shape index (κ2) is 8.11. The summed E-state index contributed by atoms with van der Waals surface area (Å²) in [5, 5.41) is 11.9. The van der Waals surface area contributed by atoms with Gasteiger partial charge >= 0.3 is 0 Å². The molecule has 0 aromatic heterocycles. The summed E-state index contributed by atoms with van der Waals surface area (Å²) in [6.45, 7) is 3.35. The molecule has 1 amide bonds. The molecule has 0 spiro atoms. The van der Waals surface area contributed by atoms with E-state index < -0.39 is 0 Å². The van der Waals surface area contributed by atoms with Gasteiger partial charge in [-0.1, -0.05) is 6.07 Å². The van der Waals surface area contributed by atoms with Crippen LogP contribution in [0.4, 0.5) is 5.69 Å². The minimum Gasteiger partial charge on any atom is -0.493 e. The van der Waals surface area contributed by atoms with Crippen LogP contribution in [0.5, 0.6) is 11.5 Å². The first-order chi connectivity index (χ1) is 13.0. The van der Waals surface area contributed by atoms with Gasteiger partial charge in [0.1, 0.15) is 0 Å². The Morgan fingerprint density at radius 2 is 1.89 bits per heavy atom. The molecule has 6 nitrogen and oxygen atoms in total. The molecule has 0 unspecified atom stereocenters. The topological polar surface area (TPSA) is 74.6 Å². The molecule has 0 radical (unpaired) electrons. The molecule has 0 saturated heterocycles. The standard InChI is InChI=1S/C21H23N3O3/c1-14(21(25)23-18-6-4-5-15(9-18)12-22)24-8-7-16-10-19(26-2)20(27-3)11-17(16)13-24/h4-6,9-11,14H,7-8,13H2,1-3H3,(H,23,25)/t14-/m0/s1. The van der Waals surface area contributed by atoms with Crippen LogP contribution in [-0.2, 0) is 17.8 Å². The second-order valence-corrected chi connectivity index (χ2v) is 6.55. The number of ether oxygens (including phenoxy) is 2. The van der Waals surface area contributed by atoms with E-state index in [0.29, 0.717) is 23.5 Å². The number of benzene rings is 2. The number of carbonyl (C=O) groups is 1. The number of fused-ring (bicyclic) bond motifs is 1. The first-order valence-corrected chi connectivity index (χ1v) is 8.84. The highest BCUT2D eigenvalue weighted by Crippen LogP contribution is 2.33. The third kappa shape index (κ3) is 4.04. The van der Waals surface area contributed by atoms with E-state index in [1.807, 2.05) is 19.1 Å². The van der Waals surface area contributed by atoms with Crippen LogP contribution in [0.2, 0.25) is 0 Å². The van der Waals surface area contributed by atoms with Gasteiger partial charge in [-0.25, -0.2) is 0 Å². The Bertz CT molecular complexity index is 889. The van der Waals surface area contributed by atoms with E-state index in [-0.39, 0.29) is 11.9 Å². The summed E-state index contributed by atoms with van der Waals surface area (Å²) in [5.74, 6) is 1.34. The molecule has 1 atom stereocenters. The SMILES string of the molecule is COc1cc2c(cc1OC)CN([C@@H](C)C(=O)Nc1cccc(C#N)c1)CC2. The largest absolute Gasteiger partial charge is 0.493 e. The molecule has 3 rings (SSSR count). The lowest BCUT2D eigenvalue weighted by Gasteiger charge is -2.33. The van der Waals surface area contributed by atoms with Crippen molar-refractivity contribution in [2.75, 3.05) is 26.1 Å². The molecule has 1 N–H and O–H groups in total. The van der Waals surface area contributed by atoms with Crippen LogP contribution < -0.4 is 14.8 Å². The maximum atomic E-state index is 12.7. The lowest BCUT2D eigenvalue weighted by Crippen LogP contribution is -2.44. The first-order valence-electron chi connectivity index (χ1n) is 8.84.